The van der Waals surface area contributed by atoms with E-state index in [4.69, 9.17) is 9.47 Å². The molecule has 0 spiro atoms. The molecular formula is C33H33F3N2O6. The zero-order valence-corrected chi connectivity index (χ0v) is 24.4. The van der Waals surface area contributed by atoms with Crippen LogP contribution in [0.4, 0.5) is 13.2 Å². The monoisotopic (exact) mass is 610 g/mol. The van der Waals surface area contributed by atoms with E-state index in [2.05, 4.69) is 18.5 Å². The van der Waals surface area contributed by atoms with Crippen LogP contribution in [0.25, 0.3) is 0 Å². The summed E-state index contributed by atoms with van der Waals surface area (Å²) in [7, 11) is 0. The molecule has 3 aromatic rings. The van der Waals surface area contributed by atoms with Gasteiger partial charge in [-0.05, 0) is 11.5 Å². The van der Waals surface area contributed by atoms with Gasteiger partial charge < -0.3 is 19.4 Å². The molecule has 11 heteroatoms. The first-order chi connectivity index (χ1) is 20.9. The van der Waals surface area contributed by atoms with E-state index in [1.54, 1.807) is 43.3 Å². The summed E-state index contributed by atoms with van der Waals surface area (Å²) >= 11 is 0. The maximum Gasteiger partial charge on any atom is 0.302 e. The Labute approximate surface area is 252 Å². The van der Waals surface area contributed by atoms with Crippen LogP contribution < -0.4 is 15.5 Å². The highest BCUT2D eigenvalue weighted by atomic mass is 19.1. The summed E-state index contributed by atoms with van der Waals surface area (Å²) in [5, 5.41) is 2.28. The maximum absolute atomic E-state index is 14.2. The highest BCUT2D eigenvalue weighted by molar-refractivity contribution is 6.00. The molecule has 2 aromatic carbocycles. The summed E-state index contributed by atoms with van der Waals surface area (Å²) in [6.45, 7) is 9.48. The first-order valence-electron chi connectivity index (χ1n) is 13.7. The number of benzene rings is 2. The van der Waals surface area contributed by atoms with E-state index in [0.29, 0.717) is 17.7 Å². The molecule has 0 aliphatic rings. The van der Waals surface area contributed by atoms with Crippen LogP contribution in [0.2, 0.25) is 0 Å². The van der Waals surface area contributed by atoms with E-state index in [0.717, 1.165) is 6.20 Å². The Morgan fingerprint density at radius 3 is 2.30 bits per heavy atom. The van der Waals surface area contributed by atoms with Gasteiger partial charge in [0.25, 0.3) is 5.91 Å². The lowest BCUT2D eigenvalue weighted by atomic mass is 10.0. The molecule has 1 N–H and O–H groups in total. The van der Waals surface area contributed by atoms with E-state index in [9.17, 15) is 32.3 Å². The van der Waals surface area contributed by atoms with Crippen molar-refractivity contribution in [3.05, 3.63) is 124 Å². The number of allylic oxidation sites excluding steroid dienone is 1. The van der Waals surface area contributed by atoms with Crippen molar-refractivity contribution >= 4 is 17.7 Å². The van der Waals surface area contributed by atoms with Crippen LogP contribution in [-0.4, -0.2) is 28.8 Å². The summed E-state index contributed by atoms with van der Waals surface area (Å²) in [5.74, 6) is -6.84. The summed E-state index contributed by atoms with van der Waals surface area (Å²) in [6.07, 6.45) is 4.17. The second kappa shape index (κ2) is 15.5. The Morgan fingerprint density at radius 1 is 1.05 bits per heavy atom. The first-order valence-corrected chi connectivity index (χ1v) is 13.7. The lowest BCUT2D eigenvalue weighted by Crippen LogP contribution is -2.33. The molecule has 8 nitrogen and oxygen atoms in total. The second-order valence-corrected chi connectivity index (χ2v) is 10.1. The number of Topliss-reactive ketones (excluding diaryl/α,β-unsaturated/α-hetero) is 1. The van der Waals surface area contributed by atoms with Gasteiger partial charge in [0, 0.05) is 56.2 Å². The van der Waals surface area contributed by atoms with Gasteiger partial charge >= 0.3 is 5.97 Å². The van der Waals surface area contributed by atoms with Gasteiger partial charge in [0.2, 0.25) is 5.43 Å². The Morgan fingerprint density at radius 2 is 1.70 bits per heavy atom. The van der Waals surface area contributed by atoms with Gasteiger partial charge in [0.05, 0.1) is 6.61 Å². The third-order valence-electron chi connectivity index (χ3n) is 6.68. The summed E-state index contributed by atoms with van der Waals surface area (Å²) in [5.41, 5.74) is -1.48. The molecule has 0 aliphatic carbocycles. The van der Waals surface area contributed by atoms with Crippen molar-refractivity contribution in [3.8, 4) is 5.75 Å². The summed E-state index contributed by atoms with van der Waals surface area (Å²) < 4.78 is 54.2. The molecule has 0 bridgehead atoms. The quantitative estimate of drug-likeness (QED) is 0.138. The minimum absolute atomic E-state index is 0.0397. The van der Waals surface area contributed by atoms with Crippen molar-refractivity contribution < 1.29 is 37.0 Å². The molecule has 1 aromatic heterocycles. The van der Waals surface area contributed by atoms with Crippen LogP contribution in [0.15, 0.2) is 78.8 Å². The number of pyridine rings is 1. The molecule has 0 saturated carbocycles. The number of esters is 1. The molecule has 2 atom stereocenters. The zero-order valence-electron chi connectivity index (χ0n) is 24.4. The fourth-order valence-corrected chi connectivity index (χ4v) is 4.25. The van der Waals surface area contributed by atoms with Crippen molar-refractivity contribution in [2.75, 3.05) is 6.61 Å². The number of nitrogens with one attached hydrogen (secondary N) is 1. The number of aromatic nitrogens is 1. The number of amides is 1. The topological polar surface area (TPSA) is 104 Å². The third-order valence-corrected chi connectivity index (χ3v) is 6.68. The normalized spacial score (nSPS) is 12.1. The van der Waals surface area contributed by atoms with Crippen LogP contribution in [-0.2, 0) is 29.2 Å². The number of nitrogens with zero attached hydrogens (tertiary/aromatic N) is 1. The van der Waals surface area contributed by atoms with Crippen molar-refractivity contribution in [1.29, 1.82) is 0 Å². The summed E-state index contributed by atoms with van der Waals surface area (Å²) in [6, 6.07) is 9.74. The average molecular weight is 611 g/mol. The van der Waals surface area contributed by atoms with E-state index in [1.165, 1.54) is 17.6 Å². The first kappa shape index (κ1) is 33.6. The van der Waals surface area contributed by atoms with Crippen molar-refractivity contribution in [3.63, 3.8) is 0 Å². The Kier molecular flexibility index (Phi) is 11.8. The van der Waals surface area contributed by atoms with Gasteiger partial charge in [0.15, 0.2) is 11.5 Å². The molecule has 0 aliphatic heterocycles. The second-order valence-electron chi connectivity index (χ2n) is 10.1. The molecule has 3 rings (SSSR count). The highest BCUT2D eigenvalue weighted by Crippen LogP contribution is 2.23. The number of halogens is 3. The molecule has 0 fully saturated rings. The molecular weight excluding hydrogens is 577 g/mol. The lowest BCUT2D eigenvalue weighted by molar-refractivity contribution is -0.141. The molecule has 1 amide bonds. The molecule has 232 valence electrons. The Balaban J connectivity index is 2.13. The van der Waals surface area contributed by atoms with Crippen LogP contribution in [0.3, 0.4) is 0 Å². The van der Waals surface area contributed by atoms with Gasteiger partial charge in [-0.15, -0.1) is 13.2 Å². The molecule has 0 unspecified atom stereocenters. The lowest BCUT2D eigenvalue weighted by Gasteiger charge is -2.22. The standard InChI is InChI=1S/C33H33F3N2O6/c1-5-20(3)12-29(40)30-32(44-19-23-10-8-7-9-11-23)31(41)26(17-38(30)16-22(6-2)18-43-21(4)39)33(42)37-15-25-27(35)13-24(34)14-28(25)36/h5-11,13-14,17,20,22H,1-2,12,15-16,18-19H2,3-4H3,(H,37,42)/t20-,22+/m0/s1. The fraction of sp³-hybridized carbons (Fsp3) is 0.273. The van der Waals surface area contributed by atoms with Crippen molar-refractivity contribution in [2.45, 2.75) is 40.0 Å². The van der Waals surface area contributed by atoms with Crippen molar-refractivity contribution in [1.82, 2.24) is 9.88 Å². The number of carbonyl (C=O) groups is 3. The largest absolute Gasteiger partial charge is 0.483 e. The van der Waals surface area contributed by atoms with Crippen LogP contribution in [0.1, 0.15) is 52.2 Å². The fourth-order valence-electron chi connectivity index (χ4n) is 4.25. The minimum atomic E-state index is -1.22. The number of hydrogen-bond donors (Lipinski definition) is 1. The Hall–Kier alpha value is -4.93. The predicted molar refractivity (Wildman–Crippen MR) is 158 cm³/mol. The smallest absolute Gasteiger partial charge is 0.302 e. The van der Waals surface area contributed by atoms with E-state index in [1.807, 2.05) is 0 Å². The molecule has 44 heavy (non-hydrogen) atoms. The van der Waals surface area contributed by atoms with Crippen LogP contribution in [0.5, 0.6) is 5.75 Å². The van der Waals surface area contributed by atoms with E-state index in [-0.39, 0.29) is 37.8 Å². The van der Waals surface area contributed by atoms with E-state index < -0.39 is 69.9 Å². The molecule has 0 radical (unpaired) electrons. The number of hydrogen-bond acceptors (Lipinski definition) is 6. The van der Waals surface area contributed by atoms with E-state index >= 15 is 0 Å². The average Bonchev–Trinajstić information content (AvgIpc) is 2.98. The van der Waals surface area contributed by atoms with Crippen LogP contribution in [0, 0.1) is 29.3 Å². The zero-order chi connectivity index (χ0) is 32.4. The van der Waals surface area contributed by atoms with Gasteiger partial charge in [-0.3, -0.25) is 19.2 Å². The number of ketones is 1. The van der Waals surface area contributed by atoms with Gasteiger partial charge in [-0.25, -0.2) is 13.2 Å². The van der Waals surface area contributed by atoms with Crippen LogP contribution >= 0.6 is 0 Å². The third kappa shape index (κ3) is 8.79. The van der Waals surface area contributed by atoms with Crippen molar-refractivity contribution in [2.24, 2.45) is 11.8 Å². The number of rotatable bonds is 15. The Bertz CT molecular complexity index is 1580. The number of ether oxygens (including phenoxy) is 2. The summed E-state index contributed by atoms with van der Waals surface area (Å²) in [4.78, 5) is 52.1. The molecule has 1 heterocycles. The van der Waals surface area contributed by atoms with Gasteiger partial charge in [0.1, 0.15) is 35.3 Å². The maximum atomic E-state index is 14.2. The minimum Gasteiger partial charge on any atom is -0.483 e. The molecule has 0 saturated heterocycles. The SMILES string of the molecule is C=C[C@@H](COC(C)=O)Cn1cc(C(=O)NCc2c(F)cc(F)cc2F)c(=O)c(OCc2ccccc2)c1C(=O)C[C@@H](C)C=C. The van der Waals surface area contributed by atoms with Gasteiger partial charge in [-0.2, -0.15) is 0 Å². The predicted octanol–water partition coefficient (Wildman–Crippen LogP) is 5.53. The van der Waals surface area contributed by atoms with Gasteiger partial charge in [-0.1, -0.05) is 49.4 Å². The number of carbonyl (C=O) groups excluding carboxylic acids is 3. The highest BCUT2D eigenvalue weighted by Gasteiger charge is 2.27.